The molecule has 0 radical (unpaired) electrons. The number of ether oxygens (including phenoxy) is 1. The summed E-state index contributed by atoms with van der Waals surface area (Å²) in [6.45, 7) is 5.34. The molecule has 0 fully saturated rings. The van der Waals surface area contributed by atoms with Gasteiger partial charge in [-0.15, -0.1) is 11.6 Å². The van der Waals surface area contributed by atoms with Crippen LogP contribution < -0.4 is 5.32 Å². The minimum Gasteiger partial charge on any atom is -0.444 e. The van der Waals surface area contributed by atoms with Crippen molar-refractivity contribution in [3.8, 4) is 0 Å². The Kier molecular flexibility index (Phi) is 6.23. The quantitative estimate of drug-likeness (QED) is 0.817. The molecular formula is C14H21ClN2O3. The standard InChI is InChI=1S/C14H21ClN2O3/c1-14(2,3)20-13(19)17-11(12(18)9-15)8-10-4-6-16-7-5-10/h4-7,11-12,18H,8-9H2,1-3H3,(H,17,19)/t11-,12+/m0/s1. The molecule has 0 bridgehead atoms. The zero-order valence-electron chi connectivity index (χ0n) is 12.0. The van der Waals surface area contributed by atoms with E-state index in [2.05, 4.69) is 10.3 Å². The van der Waals surface area contributed by atoms with Crippen molar-refractivity contribution in [1.29, 1.82) is 0 Å². The second kappa shape index (κ2) is 7.45. The third-order valence-electron chi connectivity index (χ3n) is 2.53. The fourth-order valence-electron chi connectivity index (χ4n) is 1.62. The minimum absolute atomic E-state index is 0.0333. The highest BCUT2D eigenvalue weighted by molar-refractivity contribution is 6.18. The topological polar surface area (TPSA) is 71.5 Å². The zero-order valence-corrected chi connectivity index (χ0v) is 12.7. The first-order valence-corrected chi connectivity index (χ1v) is 6.97. The molecule has 0 aliphatic heterocycles. The Morgan fingerprint density at radius 2 is 2.05 bits per heavy atom. The SMILES string of the molecule is CC(C)(C)OC(=O)N[C@@H](Cc1ccncc1)[C@H](O)CCl. The van der Waals surface area contributed by atoms with Gasteiger partial charge in [0.05, 0.1) is 18.0 Å². The maximum absolute atomic E-state index is 11.8. The number of nitrogens with zero attached hydrogens (tertiary/aromatic N) is 1. The molecule has 0 saturated heterocycles. The van der Waals surface area contributed by atoms with Gasteiger partial charge >= 0.3 is 6.09 Å². The summed E-state index contributed by atoms with van der Waals surface area (Å²) < 4.78 is 5.18. The Hall–Kier alpha value is -1.33. The van der Waals surface area contributed by atoms with Crippen molar-refractivity contribution in [2.45, 2.75) is 44.9 Å². The normalized spacial score (nSPS) is 14.4. The van der Waals surface area contributed by atoms with E-state index in [1.54, 1.807) is 33.2 Å². The number of rotatable bonds is 5. The van der Waals surface area contributed by atoms with Gasteiger partial charge in [0.2, 0.25) is 0 Å². The lowest BCUT2D eigenvalue weighted by Gasteiger charge is -2.26. The van der Waals surface area contributed by atoms with Gasteiger partial charge in [0.1, 0.15) is 5.60 Å². The number of hydrogen-bond donors (Lipinski definition) is 2. The molecule has 0 aromatic carbocycles. The molecular weight excluding hydrogens is 280 g/mol. The molecule has 0 saturated carbocycles. The maximum Gasteiger partial charge on any atom is 0.407 e. The van der Waals surface area contributed by atoms with Gasteiger partial charge in [0.15, 0.2) is 0 Å². The van der Waals surface area contributed by atoms with Crippen molar-refractivity contribution >= 4 is 17.7 Å². The van der Waals surface area contributed by atoms with E-state index in [-0.39, 0.29) is 5.88 Å². The summed E-state index contributed by atoms with van der Waals surface area (Å²) >= 11 is 5.68. The maximum atomic E-state index is 11.8. The predicted octanol–water partition coefficient (Wildman–Crippen LogP) is 2.12. The first-order valence-electron chi connectivity index (χ1n) is 6.44. The number of aliphatic hydroxyl groups is 1. The highest BCUT2D eigenvalue weighted by Crippen LogP contribution is 2.10. The van der Waals surface area contributed by atoms with Crippen molar-refractivity contribution in [3.05, 3.63) is 30.1 Å². The summed E-state index contributed by atoms with van der Waals surface area (Å²) in [5, 5.41) is 12.6. The van der Waals surface area contributed by atoms with Crippen molar-refractivity contribution in [1.82, 2.24) is 10.3 Å². The van der Waals surface area contributed by atoms with E-state index in [0.717, 1.165) is 5.56 Å². The molecule has 0 aliphatic rings. The third-order valence-corrected chi connectivity index (χ3v) is 2.85. The fraction of sp³-hybridized carbons (Fsp3) is 0.571. The zero-order chi connectivity index (χ0) is 15.2. The third kappa shape index (κ3) is 6.21. The molecule has 1 amide bonds. The number of alkyl halides is 1. The van der Waals surface area contributed by atoms with Crippen LogP contribution in [-0.2, 0) is 11.2 Å². The average molecular weight is 301 g/mol. The van der Waals surface area contributed by atoms with Crippen LogP contribution in [0.1, 0.15) is 26.3 Å². The highest BCUT2D eigenvalue weighted by Gasteiger charge is 2.24. The van der Waals surface area contributed by atoms with E-state index < -0.39 is 23.8 Å². The Labute approximate surface area is 124 Å². The van der Waals surface area contributed by atoms with E-state index >= 15 is 0 Å². The van der Waals surface area contributed by atoms with Crippen LogP contribution in [0.25, 0.3) is 0 Å². The first-order chi connectivity index (χ1) is 9.31. The highest BCUT2D eigenvalue weighted by atomic mass is 35.5. The summed E-state index contributed by atoms with van der Waals surface area (Å²) in [6, 6.07) is 3.14. The fourth-order valence-corrected chi connectivity index (χ4v) is 1.84. The molecule has 5 nitrogen and oxygen atoms in total. The number of pyridine rings is 1. The molecule has 0 aliphatic carbocycles. The van der Waals surface area contributed by atoms with Gasteiger partial charge in [-0.1, -0.05) is 0 Å². The van der Waals surface area contributed by atoms with Crippen LogP contribution in [0.3, 0.4) is 0 Å². The number of amides is 1. The van der Waals surface area contributed by atoms with Gasteiger partial charge < -0.3 is 15.2 Å². The molecule has 20 heavy (non-hydrogen) atoms. The van der Waals surface area contributed by atoms with E-state index in [1.807, 2.05) is 12.1 Å². The lowest BCUT2D eigenvalue weighted by molar-refractivity contribution is 0.0440. The minimum atomic E-state index is -0.850. The van der Waals surface area contributed by atoms with Gasteiger partial charge in [-0.3, -0.25) is 4.98 Å². The van der Waals surface area contributed by atoms with Crippen LogP contribution in [0.4, 0.5) is 4.79 Å². The number of aromatic nitrogens is 1. The molecule has 2 atom stereocenters. The number of nitrogens with one attached hydrogen (secondary N) is 1. The second-order valence-electron chi connectivity index (χ2n) is 5.53. The summed E-state index contributed by atoms with van der Waals surface area (Å²) in [5.41, 5.74) is 0.363. The van der Waals surface area contributed by atoms with E-state index in [4.69, 9.17) is 16.3 Å². The molecule has 1 rings (SSSR count). The summed E-state index contributed by atoms with van der Waals surface area (Å²) in [6.07, 6.45) is 2.35. The van der Waals surface area contributed by atoms with Gasteiger partial charge in [-0.25, -0.2) is 4.79 Å². The second-order valence-corrected chi connectivity index (χ2v) is 5.84. The van der Waals surface area contributed by atoms with E-state index in [0.29, 0.717) is 6.42 Å². The van der Waals surface area contributed by atoms with Crippen molar-refractivity contribution in [3.63, 3.8) is 0 Å². The monoisotopic (exact) mass is 300 g/mol. The van der Waals surface area contributed by atoms with Gasteiger partial charge in [-0.2, -0.15) is 0 Å². The number of alkyl carbamates (subject to hydrolysis) is 1. The van der Waals surface area contributed by atoms with Gasteiger partial charge in [0, 0.05) is 12.4 Å². The molecule has 1 aromatic rings. The molecule has 2 N–H and O–H groups in total. The number of carbonyl (C=O) groups is 1. The Morgan fingerprint density at radius 3 is 2.55 bits per heavy atom. The summed E-state index contributed by atoms with van der Waals surface area (Å²) in [5.74, 6) is 0.0333. The molecule has 0 unspecified atom stereocenters. The van der Waals surface area contributed by atoms with E-state index in [1.165, 1.54) is 0 Å². The number of hydrogen-bond acceptors (Lipinski definition) is 4. The lowest BCUT2D eigenvalue weighted by Crippen LogP contribution is -2.47. The molecule has 1 heterocycles. The molecule has 0 spiro atoms. The Bertz CT molecular complexity index is 420. The smallest absolute Gasteiger partial charge is 0.407 e. The summed E-state index contributed by atoms with van der Waals surface area (Å²) in [7, 11) is 0. The lowest BCUT2D eigenvalue weighted by atomic mass is 10.0. The molecule has 112 valence electrons. The van der Waals surface area contributed by atoms with Crippen molar-refractivity contribution in [2.75, 3.05) is 5.88 Å². The molecule has 1 aromatic heterocycles. The van der Waals surface area contributed by atoms with Gasteiger partial charge in [-0.05, 0) is 44.9 Å². The van der Waals surface area contributed by atoms with Crippen LogP contribution in [0, 0.1) is 0 Å². The van der Waals surface area contributed by atoms with Crippen LogP contribution >= 0.6 is 11.6 Å². The Balaban J connectivity index is 2.68. The number of halogens is 1. The van der Waals surface area contributed by atoms with Crippen LogP contribution in [0.5, 0.6) is 0 Å². The van der Waals surface area contributed by atoms with Crippen molar-refractivity contribution < 1.29 is 14.6 Å². The van der Waals surface area contributed by atoms with Gasteiger partial charge in [0.25, 0.3) is 0 Å². The Morgan fingerprint density at radius 1 is 1.45 bits per heavy atom. The summed E-state index contributed by atoms with van der Waals surface area (Å²) in [4.78, 5) is 15.7. The molecule has 6 heteroatoms. The average Bonchev–Trinajstić information content (AvgIpc) is 2.36. The van der Waals surface area contributed by atoms with Crippen molar-refractivity contribution in [2.24, 2.45) is 0 Å². The largest absolute Gasteiger partial charge is 0.444 e. The van der Waals surface area contributed by atoms with E-state index in [9.17, 15) is 9.90 Å². The number of aliphatic hydroxyl groups excluding tert-OH is 1. The predicted molar refractivity (Wildman–Crippen MR) is 77.8 cm³/mol. The van der Waals surface area contributed by atoms with Crippen LogP contribution in [0.2, 0.25) is 0 Å². The first kappa shape index (κ1) is 16.7. The van der Waals surface area contributed by atoms with Crippen LogP contribution in [0.15, 0.2) is 24.5 Å². The number of carbonyl (C=O) groups excluding carboxylic acids is 1. The van der Waals surface area contributed by atoms with Crippen LogP contribution in [-0.4, -0.2) is 39.8 Å².